The number of amides is 1. The van der Waals surface area contributed by atoms with Gasteiger partial charge in [-0.25, -0.2) is 0 Å². The molecule has 0 saturated carbocycles. The van der Waals surface area contributed by atoms with E-state index in [9.17, 15) is 4.79 Å². The van der Waals surface area contributed by atoms with Crippen LogP contribution in [0.4, 0.5) is 0 Å². The van der Waals surface area contributed by atoms with Gasteiger partial charge in [0.2, 0.25) is 5.91 Å². The molecule has 0 fully saturated rings. The summed E-state index contributed by atoms with van der Waals surface area (Å²) in [5, 5.41) is 12.6. The molecule has 0 aliphatic carbocycles. The number of thiophene rings is 1. The van der Waals surface area contributed by atoms with Gasteiger partial charge in [-0.1, -0.05) is 41.6 Å². The molecule has 2 heterocycles. The smallest absolute Gasteiger partial charge is 0.277 e. The zero-order valence-electron chi connectivity index (χ0n) is 12.7. The van der Waals surface area contributed by atoms with Crippen LogP contribution in [0.5, 0.6) is 0 Å². The summed E-state index contributed by atoms with van der Waals surface area (Å²) in [7, 11) is 1.58. The summed E-state index contributed by atoms with van der Waals surface area (Å²) >= 11 is 9.08. The minimum atomic E-state index is -0.114. The Balaban J connectivity index is 1.66. The highest BCUT2D eigenvalue weighted by molar-refractivity contribution is 7.99. The second kappa shape index (κ2) is 7.98. The summed E-state index contributed by atoms with van der Waals surface area (Å²) in [6.45, 7) is 0.952. The first kappa shape index (κ1) is 17.2. The predicted molar refractivity (Wildman–Crippen MR) is 95.7 cm³/mol. The second-order valence-electron chi connectivity index (χ2n) is 4.75. The van der Waals surface area contributed by atoms with E-state index < -0.39 is 0 Å². The largest absolute Gasteiger partial charge is 0.410 e. The maximum atomic E-state index is 11.6. The van der Waals surface area contributed by atoms with E-state index in [4.69, 9.17) is 20.8 Å². The third-order valence-electron chi connectivity index (χ3n) is 3.09. The van der Waals surface area contributed by atoms with Crippen LogP contribution in [0.25, 0.3) is 20.9 Å². The number of carbonyl (C=O) groups is 1. The molecule has 0 unspecified atom stereocenters. The molecule has 1 N–H and O–H groups in total. The molecule has 3 rings (SSSR count). The van der Waals surface area contributed by atoms with Gasteiger partial charge in [0, 0.05) is 23.7 Å². The number of nitrogens with zero attached hydrogens (tertiary/aromatic N) is 2. The molecule has 0 aliphatic rings. The number of rotatable bonds is 7. The van der Waals surface area contributed by atoms with Gasteiger partial charge in [-0.05, 0) is 6.07 Å². The summed E-state index contributed by atoms with van der Waals surface area (Å²) in [6.07, 6.45) is 0. The van der Waals surface area contributed by atoms with Crippen molar-refractivity contribution in [3.63, 3.8) is 0 Å². The highest BCUT2D eigenvalue weighted by Gasteiger charge is 2.18. The molecule has 3 aromatic rings. The van der Waals surface area contributed by atoms with Crippen molar-refractivity contribution in [1.29, 1.82) is 0 Å². The van der Waals surface area contributed by atoms with Gasteiger partial charge in [-0.2, -0.15) is 0 Å². The number of halogens is 1. The number of thioether (sulfide) groups is 1. The Bertz CT molecular complexity index is 849. The maximum Gasteiger partial charge on any atom is 0.277 e. The minimum Gasteiger partial charge on any atom is -0.410 e. The van der Waals surface area contributed by atoms with E-state index in [1.807, 2.05) is 24.3 Å². The average Bonchev–Trinajstić information content (AvgIpc) is 3.18. The van der Waals surface area contributed by atoms with E-state index in [-0.39, 0.29) is 11.7 Å². The van der Waals surface area contributed by atoms with Crippen LogP contribution in [-0.2, 0) is 9.53 Å². The highest BCUT2D eigenvalue weighted by atomic mass is 35.5. The molecule has 24 heavy (non-hydrogen) atoms. The van der Waals surface area contributed by atoms with Crippen molar-refractivity contribution in [1.82, 2.24) is 15.5 Å². The quantitative estimate of drug-likeness (QED) is 0.497. The van der Waals surface area contributed by atoms with Crippen molar-refractivity contribution in [3.8, 4) is 10.8 Å². The van der Waals surface area contributed by atoms with Gasteiger partial charge in [0.05, 0.1) is 17.4 Å². The lowest BCUT2D eigenvalue weighted by Gasteiger charge is -2.01. The fourth-order valence-electron chi connectivity index (χ4n) is 1.98. The van der Waals surface area contributed by atoms with Gasteiger partial charge in [0.25, 0.3) is 11.1 Å². The SMILES string of the molecule is COCCNC(=O)CSc1nnc(-c2sc3ccccc3c2Cl)o1. The van der Waals surface area contributed by atoms with Crippen LogP contribution in [-0.4, -0.2) is 42.1 Å². The van der Waals surface area contributed by atoms with E-state index >= 15 is 0 Å². The molecular formula is C15H14ClN3O3S2. The van der Waals surface area contributed by atoms with Gasteiger partial charge >= 0.3 is 0 Å². The number of benzene rings is 1. The number of nitrogens with one attached hydrogen (secondary N) is 1. The Morgan fingerprint density at radius 2 is 2.25 bits per heavy atom. The van der Waals surface area contributed by atoms with Crippen LogP contribution in [0.1, 0.15) is 0 Å². The van der Waals surface area contributed by atoms with Crippen molar-refractivity contribution in [2.75, 3.05) is 26.0 Å². The summed E-state index contributed by atoms with van der Waals surface area (Å²) in [5.41, 5.74) is 0. The molecule has 0 spiro atoms. The molecule has 0 aliphatic heterocycles. The zero-order chi connectivity index (χ0) is 16.9. The minimum absolute atomic E-state index is 0.114. The molecular weight excluding hydrogens is 370 g/mol. The molecule has 2 aromatic heterocycles. The topological polar surface area (TPSA) is 77.2 Å². The first-order valence-corrected chi connectivity index (χ1v) is 9.26. The normalized spacial score (nSPS) is 11.1. The summed E-state index contributed by atoms with van der Waals surface area (Å²) in [4.78, 5) is 12.4. The number of methoxy groups -OCH3 is 1. The van der Waals surface area contributed by atoms with Gasteiger partial charge in [0.1, 0.15) is 4.88 Å². The number of aromatic nitrogens is 2. The van der Waals surface area contributed by atoms with Crippen LogP contribution >= 0.6 is 34.7 Å². The Morgan fingerprint density at radius 1 is 1.42 bits per heavy atom. The third-order valence-corrected chi connectivity index (χ3v) is 5.57. The van der Waals surface area contributed by atoms with Gasteiger partial charge < -0.3 is 14.5 Å². The average molecular weight is 384 g/mol. The van der Waals surface area contributed by atoms with E-state index in [2.05, 4.69) is 15.5 Å². The fourth-order valence-corrected chi connectivity index (χ4v) is 4.01. The number of carbonyl (C=O) groups excluding carboxylic acids is 1. The molecule has 0 bridgehead atoms. The molecule has 0 atom stereocenters. The number of hydrogen-bond donors (Lipinski definition) is 1. The van der Waals surface area contributed by atoms with Crippen LogP contribution < -0.4 is 5.32 Å². The van der Waals surface area contributed by atoms with Gasteiger partial charge in [0.15, 0.2) is 0 Å². The lowest BCUT2D eigenvalue weighted by molar-refractivity contribution is -0.118. The van der Waals surface area contributed by atoms with E-state index in [1.165, 1.54) is 23.1 Å². The summed E-state index contributed by atoms with van der Waals surface area (Å²) in [6, 6.07) is 7.83. The molecule has 1 aromatic carbocycles. The second-order valence-corrected chi connectivity index (χ2v) is 7.10. The van der Waals surface area contributed by atoms with Crippen molar-refractivity contribution >= 4 is 50.7 Å². The van der Waals surface area contributed by atoms with Crippen molar-refractivity contribution < 1.29 is 13.9 Å². The summed E-state index contributed by atoms with van der Waals surface area (Å²) in [5.74, 6) is 0.450. The highest BCUT2D eigenvalue weighted by Crippen LogP contribution is 2.41. The molecule has 1 amide bonds. The van der Waals surface area contributed by atoms with Crippen molar-refractivity contribution in [2.24, 2.45) is 0 Å². The summed E-state index contributed by atoms with van der Waals surface area (Å²) < 4.78 is 11.5. The van der Waals surface area contributed by atoms with Crippen molar-refractivity contribution in [2.45, 2.75) is 5.22 Å². The van der Waals surface area contributed by atoms with E-state index in [0.29, 0.717) is 29.3 Å². The standard InChI is InChI=1S/C15H14ClN3O3S2/c1-21-7-6-17-11(20)8-23-15-19-18-14(22-15)13-12(16)9-4-2-3-5-10(9)24-13/h2-5H,6-8H2,1H3,(H,17,20). The molecule has 0 saturated heterocycles. The Kier molecular flexibility index (Phi) is 5.72. The number of fused-ring (bicyclic) bond motifs is 1. The first-order chi connectivity index (χ1) is 11.7. The monoisotopic (exact) mass is 383 g/mol. The molecule has 6 nitrogen and oxygen atoms in total. The Labute approximate surface area is 151 Å². The molecule has 9 heteroatoms. The molecule has 0 radical (unpaired) electrons. The van der Waals surface area contributed by atoms with Crippen LogP contribution in [0.3, 0.4) is 0 Å². The first-order valence-electron chi connectivity index (χ1n) is 7.08. The number of hydrogen-bond acceptors (Lipinski definition) is 7. The van der Waals surface area contributed by atoms with Crippen molar-refractivity contribution in [3.05, 3.63) is 29.3 Å². The number of ether oxygens (including phenoxy) is 1. The zero-order valence-corrected chi connectivity index (χ0v) is 15.1. The fraction of sp³-hybridized carbons (Fsp3) is 0.267. The van der Waals surface area contributed by atoms with Crippen LogP contribution in [0.2, 0.25) is 5.02 Å². The van der Waals surface area contributed by atoms with Crippen LogP contribution in [0, 0.1) is 0 Å². The van der Waals surface area contributed by atoms with Gasteiger partial charge in [-0.3, -0.25) is 4.79 Å². The third kappa shape index (κ3) is 3.89. The van der Waals surface area contributed by atoms with Gasteiger partial charge in [-0.15, -0.1) is 21.5 Å². The maximum absolute atomic E-state index is 11.6. The van der Waals surface area contributed by atoms with E-state index in [0.717, 1.165) is 15.0 Å². The van der Waals surface area contributed by atoms with Crippen LogP contribution in [0.15, 0.2) is 33.9 Å². The lowest BCUT2D eigenvalue weighted by Crippen LogP contribution is -2.28. The van der Waals surface area contributed by atoms with E-state index in [1.54, 1.807) is 7.11 Å². The Morgan fingerprint density at radius 3 is 3.04 bits per heavy atom. The predicted octanol–water partition coefficient (Wildman–Crippen LogP) is 3.46. The Hall–Kier alpha value is -1.61. The molecule has 126 valence electrons. The lowest BCUT2D eigenvalue weighted by atomic mass is 10.2.